The number of thioether (sulfide) groups is 1. The monoisotopic (exact) mass is 381 g/mol. The van der Waals surface area contributed by atoms with Gasteiger partial charge in [0.05, 0.1) is 5.02 Å². The zero-order chi connectivity index (χ0) is 17.8. The van der Waals surface area contributed by atoms with Gasteiger partial charge in [0, 0.05) is 21.4 Å². The van der Waals surface area contributed by atoms with Crippen molar-refractivity contribution in [2.45, 2.75) is 42.2 Å². The molecule has 6 heteroatoms. The van der Waals surface area contributed by atoms with Crippen molar-refractivity contribution < 1.29 is 13.6 Å². The topological polar surface area (TPSA) is 29.1 Å². The molecular formula is C19H18ClF2NOS. The van der Waals surface area contributed by atoms with Crippen LogP contribution in [0.15, 0.2) is 41.3 Å². The van der Waals surface area contributed by atoms with E-state index in [9.17, 15) is 13.6 Å². The number of nitrogens with one attached hydrogen (secondary N) is 1. The summed E-state index contributed by atoms with van der Waals surface area (Å²) >= 11 is 7.23. The van der Waals surface area contributed by atoms with Gasteiger partial charge in [-0.15, -0.1) is 11.8 Å². The second kappa shape index (κ2) is 8.19. The number of carbonyl (C=O) groups is 1. The van der Waals surface area contributed by atoms with Crippen LogP contribution in [-0.4, -0.2) is 11.2 Å². The Labute approximate surface area is 155 Å². The molecule has 0 aliphatic heterocycles. The van der Waals surface area contributed by atoms with Crippen LogP contribution in [-0.2, 0) is 0 Å². The first-order valence-corrected chi connectivity index (χ1v) is 9.51. The molecule has 2 nitrogen and oxygen atoms in total. The van der Waals surface area contributed by atoms with Crippen molar-refractivity contribution in [1.29, 1.82) is 0 Å². The number of anilines is 1. The average molecular weight is 382 g/mol. The first kappa shape index (κ1) is 18.2. The van der Waals surface area contributed by atoms with Gasteiger partial charge in [-0.3, -0.25) is 4.79 Å². The summed E-state index contributed by atoms with van der Waals surface area (Å²) in [5, 5.41) is 2.99. The van der Waals surface area contributed by atoms with Crippen LogP contribution in [0.25, 0.3) is 0 Å². The van der Waals surface area contributed by atoms with Crippen LogP contribution in [0.2, 0.25) is 5.02 Å². The minimum atomic E-state index is -0.549. The highest BCUT2D eigenvalue weighted by molar-refractivity contribution is 8.00. The third-order valence-electron chi connectivity index (χ3n) is 4.22. The standard InChI is InChI=1S/C19H18ClF2NOS/c20-15-11-13(7-9-16(15)21)23-19(24)12-6-8-17(22)18(10-12)25-14-4-2-1-3-5-14/h6-11,14H,1-5H2,(H,23,24). The number of hydrogen-bond donors (Lipinski definition) is 1. The first-order chi connectivity index (χ1) is 12.0. The maximum Gasteiger partial charge on any atom is 0.255 e. The smallest absolute Gasteiger partial charge is 0.255 e. The fraction of sp³-hybridized carbons (Fsp3) is 0.316. The van der Waals surface area contributed by atoms with Crippen molar-refractivity contribution >= 4 is 35.0 Å². The van der Waals surface area contributed by atoms with E-state index in [2.05, 4.69) is 5.32 Å². The van der Waals surface area contributed by atoms with E-state index in [-0.39, 0.29) is 16.7 Å². The zero-order valence-corrected chi connectivity index (χ0v) is 15.1. The van der Waals surface area contributed by atoms with Crippen LogP contribution in [0.3, 0.4) is 0 Å². The summed E-state index contributed by atoms with van der Waals surface area (Å²) in [4.78, 5) is 12.9. The predicted octanol–water partition coefficient (Wildman–Crippen LogP) is 6.30. The third kappa shape index (κ3) is 4.73. The zero-order valence-electron chi connectivity index (χ0n) is 13.5. The van der Waals surface area contributed by atoms with Gasteiger partial charge in [0.25, 0.3) is 5.91 Å². The Morgan fingerprint density at radius 3 is 2.48 bits per heavy atom. The second-order valence-electron chi connectivity index (χ2n) is 6.11. The number of benzene rings is 2. The van der Waals surface area contributed by atoms with Gasteiger partial charge < -0.3 is 5.32 Å². The molecule has 0 unspecified atom stereocenters. The van der Waals surface area contributed by atoms with E-state index in [1.54, 1.807) is 6.07 Å². The lowest BCUT2D eigenvalue weighted by Crippen LogP contribution is -2.13. The lowest BCUT2D eigenvalue weighted by atomic mass is 10.0. The summed E-state index contributed by atoms with van der Waals surface area (Å²) in [6.07, 6.45) is 5.74. The SMILES string of the molecule is O=C(Nc1ccc(F)c(Cl)c1)c1ccc(F)c(SC2CCCCC2)c1. The molecule has 2 aromatic carbocycles. The molecule has 1 saturated carbocycles. The highest BCUT2D eigenvalue weighted by atomic mass is 35.5. The Hall–Kier alpha value is -1.59. The summed E-state index contributed by atoms with van der Waals surface area (Å²) in [6.45, 7) is 0. The summed E-state index contributed by atoms with van der Waals surface area (Å²) in [7, 11) is 0. The van der Waals surface area contributed by atoms with E-state index in [1.807, 2.05) is 0 Å². The summed E-state index contributed by atoms with van der Waals surface area (Å²) in [5.74, 6) is -1.24. The Morgan fingerprint density at radius 1 is 1.04 bits per heavy atom. The fourth-order valence-electron chi connectivity index (χ4n) is 2.87. The summed E-state index contributed by atoms with van der Waals surface area (Å²) in [5.41, 5.74) is 0.752. The van der Waals surface area contributed by atoms with Gasteiger partial charge in [-0.1, -0.05) is 30.9 Å². The van der Waals surface area contributed by atoms with Crippen molar-refractivity contribution in [3.63, 3.8) is 0 Å². The highest BCUT2D eigenvalue weighted by Gasteiger charge is 2.18. The Balaban J connectivity index is 1.73. The van der Waals surface area contributed by atoms with Gasteiger partial charge in [0.15, 0.2) is 0 Å². The lowest BCUT2D eigenvalue weighted by Gasteiger charge is -2.21. The van der Waals surface area contributed by atoms with E-state index in [4.69, 9.17) is 11.6 Å². The number of carbonyl (C=O) groups excluding carboxylic acids is 1. The van der Waals surface area contributed by atoms with Gasteiger partial charge in [-0.05, 0) is 49.2 Å². The molecule has 3 rings (SSSR count). The Kier molecular flexibility index (Phi) is 5.97. The summed E-state index contributed by atoms with van der Waals surface area (Å²) in [6, 6.07) is 8.30. The molecule has 0 radical (unpaired) electrons. The summed E-state index contributed by atoms with van der Waals surface area (Å²) < 4.78 is 27.3. The van der Waals surface area contributed by atoms with Gasteiger partial charge in [0.2, 0.25) is 0 Å². The molecule has 2 aromatic rings. The Bertz CT molecular complexity index is 778. The first-order valence-electron chi connectivity index (χ1n) is 8.25. The molecule has 0 saturated heterocycles. The molecule has 0 spiro atoms. The molecule has 1 amide bonds. The quantitative estimate of drug-likeness (QED) is 0.673. The van der Waals surface area contributed by atoms with Gasteiger partial charge in [-0.2, -0.15) is 0 Å². The number of hydrogen-bond acceptors (Lipinski definition) is 2. The predicted molar refractivity (Wildman–Crippen MR) is 98.5 cm³/mol. The maximum atomic E-state index is 14.1. The molecule has 0 bridgehead atoms. The van der Waals surface area contributed by atoms with Crippen LogP contribution in [0.4, 0.5) is 14.5 Å². The van der Waals surface area contributed by atoms with E-state index >= 15 is 0 Å². The molecule has 132 valence electrons. The van der Waals surface area contributed by atoms with Crippen LogP contribution in [0.1, 0.15) is 42.5 Å². The van der Waals surface area contributed by atoms with E-state index in [0.29, 0.717) is 21.4 Å². The van der Waals surface area contributed by atoms with Gasteiger partial charge >= 0.3 is 0 Å². The molecule has 1 aliphatic carbocycles. The van der Waals surface area contributed by atoms with Gasteiger partial charge in [-0.25, -0.2) is 8.78 Å². The molecular weight excluding hydrogens is 364 g/mol. The normalized spacial score (nSPS) is 15.2. The molecule has 0 atom stereocenters. The molecule has 25 heavy (non-hydrogen) atoms. The largest absolute Gasteiger partial charge is 0.322 e. The highest BCUT2D eigenvalue weighted by Crippen LogP contribution is 2.35. The molecule has 0 heterocycles. The molecule has 0 aromatic heterocycles. The minimum Gasteiger partial charge on any atom is -0.322 e. The molecule has 1 N–H and O–H groups in total. The Morgan fingerprint density at radius 2 is 1.76 bits per heavy atom. The molecule has 1 aliphatic rings. The van der Waals surface area contributed by atoms with Gasteiger partial charge in [0.1, 0.15) is 11.6 Å². The second-order valence-corrected chi connectivity index (χ2v) is 7.86. The number of rotatable bonds is 4. The third-order valence-corrected chi connectivity index (χ3v) is 5.88. The maximum absolute atomic E-state index is 14.1. The van der Waals surface area contributed by atoms with Crippen molar-refractivity contribution in [3.8, 4) is 0 Å². The average Bonchev–Trinajstić information content (AvgIpc) is 2.61. The number of amides is 1. The van der Waals surface area contributed by atoms with Crippen LogP contribution in [0.5, 0.6) is 0 Å². The van der Waals surface area contributed by atoms with Crippen molar-refractivity contribution in [2.24, 2.45) is 0 Å². The number of halogens is 3. The minimum absolute atomic E-state index is 0.0644. The van der Waals surface area contributed by atoms with E-state index in [0.717, 1.165) is 12.8 Å². The fourth-order valence-corrected chi connectivity index (χ4v) is 4.36. The lowest BCUT2D eigenvalue weighted by molar-refractivity contribution is 0.102. The molecule has 1 fully saturated rings. The van der Waals surface area contributed by atoms with E-state index in [1.165, 1.54) is 61.4 Å². The van der Waals surface area contributed by atoms with Crippen molar-refractivity contribution in [3.05, 3.63) is 58.6 Å². The van der Waals surface area contributed by atoms with Crippen molar-refractivity contribution in [2.75, 3.05) is 5.32 Å². The van der Waals surface area contributed by atoms with E-state index < -0.39 is 5.82 Å². The van der Waals surface area contributed by atoms with Crippen LogP contribution < -0.4 is 5.32 Å². The van der Waals surface area contributed by atoms with Crippen molar-refractivity contribution in [1.82, 2.24) is 0 Å². The van der Waals surface area contributed by atoms with Crippen LogP contribution in [0, 0.1) is 11.6 Å². The van der Waals surface area contributed by atoms with Crippen LogP contribution >= 0.6 is 23.4 Å².